The molecule has 3 aromatic rings. The van der Waals surface area contributed by atoms with Crippen LogP contribution in [0.2, 0.25) is 0 Å². The Morgan fingerprint density at radius 3 is 2.55 bits per heavy atom. The van der Waals surface area contributed by atoms with Gasteiger partial charge in [-0.1, -0.05) is 25.1 Å². The number of carbonyl (C=O) groups is 1. The van der Waals surface area contributed by atoms with Gasteiger partial charge >= 0.3 is 0 Å². The maximum atomic E-state index is 13.2. The van der Waals surface area contributed by atoms with Crippen LogP contribution in [0, 0.1) is 26.7 Å². The van der Waals surface area contributed by atoms with Crippen LogP contribution < -0.4 is 14.8 Å². The molecule has 164 valence electrons. The van der Waals surface area contributed by atoms with E-state index in [1.807, 2.05) is 49.7 Å². The third-order valence-electron chi connectivity index (χ3n) is 5.49. The van der Waals surface area contributed by atoms with Gasteiger partial charge in [-0.15, -0.1) is 0 Å². The number of hydrogen-bond donors (Lipinski definition) is 1. The quantitative estimate of drug-likeness (QED) is 0.648. The second-order valence-electron chi connectivity index (χ2n) is 8.25. The number of fused-ring (bicyclic) bond motifs is 1. The van der Waals surface area contributed by atoms with Crippen LogP contribution in [0.25, 0.3) is 0 Å². The average molecular weight is 425 g/mol. The normalized spacial score (nSPS) is 14.0. The maximum Gasteiger partial charge on any atom is 0.274 e. The van der Waals surface area contributed by atoms with Crippen LogP contribution in [0.4, 0.5) is 0 Å². The first-order valence-corrected chi connectivity index (χ1v) is 10.5. The SMILES string of the molecule is Cc1cc(C)n(Cc2c(C(=O)N[C@@H](c3ccc4c(c3)OCCO4)C(C)C)noc2C)n1. The van der Waals surface area contributed by atoms with Crippen molar-refractivity contribution in [1.29, 1.82) is 0 Å². The standard InChI is InChI=1S/C23H28N4O4/c1-13(2)21(17-6-7-19-20(11-17)30-9-8-29-19)24-23(28)22-18(16(5)31-26-22)12-27-15(4)10-14(3)25-27/h6-7,10-11,13,21H,8-9,12H2,1-5H3,(H,24,28)/t21-/m1/s1. The molecule has 1 atom stereocenters. The van der Waals surface area contributed by atoms with E-state index < -0.39 is 0 Å². The average Bonchev–Trinajstić information content (AvgIpc) is 3.26. The van der Waals surface area contributed by atoms with Crippen molar-refractivity contribution in [1.82, 2.24) is 20.3 Å². The molecule has 0 saturated heterocycles. The lowest BCUT2D eigenvalue weighted by Crippen LogP contribution is -2.33. The minimum absolute atomic E-state index is 0.152. The highest BCUT2D eigenvalue weighted by molar-refractivity contribution is 5.94. The van der Waals surface area contributed by atoms with Gasteiger partial charge in [-0.2, -0.15) is 5.10 Å². The van der Waals surface area contributed by atoms with E-state index in [9.17, 15) is 4.79 Å². The number of rotatable bonds is 6. The zero-order chi connectivity index (χ0) is 22.1. The maximum absolute atomic E-state index is 13.2. The molecular weight excluding hydrogens is 396 g/mol. The fraction of sp³-hybridized carbons (Fsp3) is 0.435. The molecule has 8 nitrogen and oxygen atoms in total. The third-order valence-corrected chi connectivity index (χ3v) is 5.49. The van der Waals surface area contributed by atoms with Crippen LogP contribution >= 0.6 is 0 Å². The lowest BCUT2D eigenvalue weighted by molar-refractivity contribution is 0.0915. The van der Waals surface area contributed by atoms with Gasteiger partial charge < -0.3 is 19.3 Å². The summed E-state index contributed by atoms with van der Waals surface area (Å²) in [4.78, 5) is 13.2. The number of nitrogens with zero attached hydrogens (tertiary/aromatic N) is 3. The van der Waals surface area contributed by atoms with Crippen LogP contribution in [-0.4, -0.2) is 34.1 Å². The van der Waals surface area contributed by atoms with Crippen LogP contribution in [0.1, 0.15) is 58.7 Å². The molecule has 0 aliphatic carbocycles. The van der Waals surface area contributed by atoms with Crippen molar-refractivity contribution in [2.75, 3.05) is 13.2 Å². The number of carbonyl (C=O) groups excluding carboxylic acids is 1. The summed E-state index contributed by atoms with van der Waals surface area (Å²) in [6.07, 6.45) is 0. The Kier molecular flexibility index (Phi) is 5.71. The van der Waals surface area contributed by atoms with Crippen LogP contribution in [0.15, 0.2) is 28.8 Å². The number of amides is 1. The first-order valence-electron chi connectivity index (χ1n) is 10.5. The zero-order valence-electron chi connectivity index (χ0n) is 18.6. The van der Waals surface area contributed by atoms with Crippen LogP contribution in [0.5, 0.6) is 11.5 Å². The smallest absolute Gasteiger partial charge is 0.274 e. The van der Waals surface area contributed by atoms with Gasteiger partial charge in [0.25, 0.3) is 5.91 Å². The van der Waals surface area contributed by atoms with Crippen molar-refractivity contribution >= 4 is 5.91 Å². The molecule has 3 heterocycles. The lowest BCUT2D eigenvalue weighted by Gasteiger charge is -2.25. The summed E-state index contributed by atoms with van der Waals surface area (Å²) in [6.45, 7) is 11.3. The van der Waals surface area contributed by atoms with E-state index in [0.29, 0.717) is 31.3 Å². The fourth-order valence-electron chi connectivity index (χ4n) is 3.84. The molecule has 31 heavy (non-hydrogen) atoms. The van der Waals surface area contributed by atoms with Crippen molar-refractivity contribution in [3.05, 3.63) is 58.2 Å². The number of ether oxygens (including phenoxy) is 2. The Labute approximate surface area is 181 Å². The van der Waals surface area contributed by atoms with Gasteiger partial charge in [-0.25, -0.2) is 0 Å². The van der Waals surface area contributed by atoms with Gasteiger partial charge in [-0.05, 0) is 50.5 Å². The molecule has 1 aromatic carbocycles. The van der Waals surface area contributed by atoms with Gasteiger partial charge in [0.2, 0.25) is 0 Å². The Morgan fingerprint density at radius 2 is 1.87 bits per heavy atom. The lowest BCUT2D eigenvalue weighted by atomic mass is 9.95. The van der Waals surface area contributed by atoms with E-state index in [1.165, 1.54) is 0 Å². The largest absolute Gasteiger partial charge is 0.486 e. The number of benzene rings is 1. The summed E-state index contributed by atoms with van der Waals surface area (Å²) in [5, 5.41) is 11.7. The van der Waals surface area contributed by atoms with Gasteiger partial charge in [0.05, 0.1) is 18.3 Å². The summed E-state index contributed by atoms with van der Waals surface area (Å²) < 4.78 is 18.5. The monoisotopic (exact) mass is 424 g/mol. The molecule has 1 amide bonds. The van der Waals surface area contributed by atoms with Crippen LogP contribution in [0.3, 0.4) is 0 Å². The minimum Gasteiger partial charge on any atom is -0.486 e. The summed E-state index contributed by atoms with van der Waals surface area (Å²) in [7, 11) is 0. The summed E-state index contributed by atoms with van der Waals surface area (Å²) in [6, 6.07) is 7.56. The van der Waals surface area contributed by atoms with Gasteiger partial charge in [0.1, 0.15) is 19.0 Å². The molecule has 1 aliphatic rings. The molecule has 1 aliphatic heterocycles. The molecule has 0 radical (unpaired) electrons. The second kappa shape index (κ2) is 8.45. The molecule has 2 aromatic heterocycles. The summed E-state index contributed by atoms with van der Waals surface area (Å²) in [5.41, 5.74) is 3.91. The highest BCUT2D eigenvalue weighted by Gasteiger charge is 2.26. The van der Waals surface area contributed by atoms with E-state index in [2.05, 4.69) is 29.4 Å². The Bertz CT molecular complexity index is 1100. The Balaban J connectivity index is 1.58. The molecule has 0 unspecified atom stereocenters. The molecule has 0 bridgehead atoms. The molecule has 0 spiro atoms. The van der Waals surface area contributed by atoms with E-state index in [4.69, 9.17) is 14.0 Å². The number of aromatic nitrogens is 3. The Morgan fingerprint density at radius 1 is 1.13 bits per heavy atom. The fourth-order valence-corrected chi connectivity index (χ4v) is 3.84. The summed E-state index contributed by atoms with van der Waals surface area (Å²) in [5.74, 6) is 1.91. The van der Waals surface area contributed by atoms with E-state index in [1.54, 1.807) is 0 Å². The number of aryl methyl sites for hydroxylation is 3. The number of nitrogens with one attached hydrogen (secondary N) is 1. The minimum atomic E-state index is -0.276. The van der Waals surface area contributed by atoms with Crippen molar-refractivity contribution in [3.63, 3.8) is 0 Å². The Hall–Kier alpha value is -3.29. The van der Waals surface area contributed by atoms with Crippen molar-refractivity contribution < 1.29 is 18.8 Å². The van der Waals surface area contributed by atoms with E-state index in [0.717, 1.165) is 28.3 Å². The van der Waals surface area contributed by atoms with Crippen molar-refractivity contribution in [2.24, 2.45) is 5.92 Å². The van der Waals surface area contributed by atoms with Crippen molar-refractivity contribution in [2.45, 2.75) is 47.2 Å². The predicted octanol–water partition coefficient (Wildman–Crippen LogP) is 3.74. The zero-order valence-corrected chi connectivity index (χ0v) is 18.6. The first-order chi connectivity index (χ1) is 14.8. The molecular formula is C23H28N4O4. The molecule has 8 heteroatoms. The van der Waals surface area contributed by atoms with Crippen molar-refractivity contribution in [3.8, 4) is 11.5 Å². The van der Waals surface area contributed by atoms with Gasteiger partial charge in [-0.3, -0.25) is 9.48 Å². The predicted molar refractivity (Wildman–Crippen MR) is 115 cm³/mol. The topological polar surface area (TPSA) is 91.4 Å². The summed E-state index contributed by atoms with van der Waals surface area (Å²) >= 11 is 0. The molecule has 4 rings (SSSR count). The van der Waals surface area contributed by atoms with Gasteiger partial charge in [0, 0.05) is 11.3 Å². The van der Waals surface area contributed by atoms with Crippen LogP contribution in [-0.2, 0) is 6.54 Å². The molecule has 0 fully saturated rings. The second-order valence-corrected chi connectivity index (χ2v) is 8.25. The highest BCUT2D eigenvalue weighted by Crippen LogP contribution is 2.34. The highest BCUT2D eigenvalue weighted by atomic mass is 16.6. The van der Waals surface area contributed by atoms with Gasteiger partial charge in [0.15, 0.2) is 17.2 Å². The number of hydrogen-bond acceptors (Lipinski definition) is 6. The van der Waals surface area contributed by atoms with E-state index in [-0.39, 0.29) is 23.6 Å². The molecule has 0 saturated carbocycles. The van der Waals surface area contributed by atoms with E-state index >= 15 is 0 Å². The first kappa shape index (κ1) is 21.0. The third kappa shape index (κ3) is 4.28. The molecule has 1 N–H and O–H groups in total.